The van der Waals surface area contributed by atoms with E-state index in [4.69, 9.17) is 0 Å². The first kappa shape index (κ1) is 11.5. The van der Waals surface area contributed by atoms with E-state index in [0.717, 1.165) is 24.2 Å². The second-order valence-corrected chi connectivity index (χ2v) is 4.94. The van der Waals surface area contributed by atoms with Crippen molar-refractivity contribution in [3.8, 4) is 5.75 Å². The van der Waals surface area contributed by atoms with Gasteiger partial charge >= 0.3 is 0 Å². The average Bonchev–Trinajstić information content (AvgIpc) is 2.29. The van der Waals surface area contributed by atoms with Gasteiger partial charge in [-0.05, 0) is 61.9 Å². The van der Waals surface area contributed by atoms with Crippen LogP contribution in [-0.2, 0) is 0 Å². The third-order valence-corrected chi connectivity index (χ3v) is 3.77. The van der Waals surface area contributed by atoms with Gasteiger partial charge in [0.2, 0.25) is 0 Å². The summed E-state index contributed by atoms with van der Waals surface area (Å²) in [5.41, 5.74) is 2.23. The van der Waals surface area contributed by atoms with Gasteiger partial charge in [0, 0.05) is 0 Å². The molecule has 88 valence electrons. The van der Waals surface area contributed by atoms with E-state index in [-0.39, 0.29) is 0 Å². The van der Waals surface area contributed by atoms with Gasteiger partial charge in [0.1, 0.15) is 5.75 Å². The summed E-state index contributed by atoms with van der Waals surface area (Å²) in [6.07, 6.45) is 2.43. The first-order valence-corrected chi connectivity index (χ1v) is 6.18. The lowest BCUT2D eigenvalue weighted by Gasteiger charge is -2.29. The van der Waals surface area contributed by atoms with E-state index in [9.17, 15) is 5.11 Å². The third-order valence-electron chi connectivity index (χ3n) is 3.77. The van der Waals surface area contributed by atoms with Crippen molar-refractivity contribution in [3.05, 3.63) is 29.3 Å². The third kappa shape index (κ3) is 2.38. The number of aryl methyl sites for hydroxylation is 1. The van der Waals surface area contributed by atoms with Crippen LogP contribution in [0.3, 0.4) is 0 Å². The predicted molar refractivity (Wildman–Crippen MR) is 66.9 cm³/mol. The number of rotatable bonds is 2. The number of hydrogen-bond donors (Lipinski definition) is 2. The Morgan fingerprint density at radius 3 is 2.62 bits per heavy atom. The predicted octanol–water partition coefficient (Wildman–Crippen LogP) is 2.80. The molecule has 0 radical (unpaired) electrons. The lowest BCUT2D eigenvalue weighted by molar-refractivity contribution is 0.324. The normalized spacial score (nSPS) is 19.6. The maximum atomic E-state index is 9.98. The lowest BCUT2D eigenvalue weighted by atomic mass is 9.81. The lowest BCUT2D eigenvalue weighted by Crippen LogP contribution is -2.30. The quantitative estimate of drug-likeness (QED) is 0.801. The van der Waals surface area contributed by atoms with Crippen molar-refractivity contribution in [2.45, 2.75) is 32.6 Å². The Labute approximate surface area is 97.7 Å². The Morgan fingerprint density at radius 2 is 2.00 bits per heavy atom. The van der Waals surface area contributed by atoms with Gasteiger partial charge in [0.25, 0.3) is 0 Å². The molecule has 0 spiro atoms. The maximum absolute atomic E-state index is 9.98. The highest BCUT2D eigenvalue weighted by molar-refractivity contribution is 5.38. The smallest absolute Gasteiger partial charge is 0.119 e. The van der Waals surface area contributed by atoms with Crippen molar-refractivity contribution >= 4 is 0 Å². The average molecular weight is 219 g/mol. The molecule has 1 aliphatic rings. The van der Waals surface area contributed by atoms with E-state index < -0.39 is 0 Å². The van der Waals surface area contributed by atoms with Crippen LogP contribution in [0.25, 0.3) is 0 Å². The molecule has 1 aliphatic heterocycles. The van der Waals surface area contributed by atoms with E-state index in [1.807, 2.05) is 13.0 Å². The molecular formula is C14H21NO. The van der Waals surface area contributed by atoms with Crippen LogP contribution in [0.4, 0.5) is 0 Å². The fraction of sp³-hybridized carbons (Fsp3) is 0.571. The van der Waals surface area contributed by atoms with Crippen LogP contribution < -0.4 is 5.32 Å². The van der Waals surface area contributed by atoms with Crippen LogP contribution in [0.5, 0.6) is 5.75 Å². The number of piperidine rings is 1. The number of phenols is 1. The molecule has 1 atom stereocenters. The van der Waals surface area contributed by atoms with E-state index in [0.29, 0.717) is 17.6 Å². The van der Waals surface area contributed by atoms with Gasteiger partial charge in [0.05, 0.1) is 0 Å². The first-order chi connectivity index (χ1) is 7.68. The zero-order valence-electron chi connectivity index (χ0n) is 10.2. The van der Waals surface area contributed by atoms with Crippen molar-refractivity contribution < 1.29 is 5.11 Å². The van der Waals surface area contributed by atoms with Gasteiger partial charge in [-0.25, -0.2) is 0 Å². The molecule has 1 fully saturated rings. The molecule has 0 amide bonds. The van der Waals surface area contributed by atoms with Crippen LogP contribution in [0, 0.1) is 12.8 Å². The molecule has 1 aromatic carbocycles. The minimum Gasteiger partial charge on any atom is -0.508 e. The molecule has 0 aliphatic carbocycles. The summed E-state index contributed by atoms with van der Waals surface area (Å²) < 4.78 is 0. The molecule has 0 saturated carbocycles. The van der Waals surface area contributed by atoms with E-state index in [1.165, 1.54) is 12.8 Å². The van der Waals surface area contributed by atoms with Crippen LogP contribution in [0.2, 0.25) is 0 Å². The zero-order chi connectivity index (χ0) is 11.5. The second-order valence-electron chi connectivity index (χ2n) is 4.94. The molecular weight excluding hydrogens is 198 g/mol. The molecule has 1 unspecified atom stereocenters. The molecule has 0 aromatic heterocycles. The highest BCUT2D eigenvalue weighted by Gasteiger charge is 2.22. The van der Waals surface area contributed by atoms with Gasteiger partial charge in [-0.2, -0.15) is 0 Å². The summed E-state index contributed by atoms with van der Waals surface area (Å²) in [6, 6.07) is 6.04. The Hall–Kier alpha value is -1.02. The monoisotopic (exact) mass is 219 g/mol. The molecule has 0 bridgehead atoms. The molecule has 2 heteroatoms. The summed E-state index contributed by atoms with van der Waals surface area (Å²) in [6.45, 7) is 6.47. The molecule has 2 rings (SSSR count). The van der Waals surface area contributed by atoms with E-state index in [2.05, 4.69) is 24.4 Å². The summed E-state index contributed by atoms with van der Waals surface area (Å²) in [7, 11) is 0. The number of hydrogen-bond acceptors (Lipinski definition) is 2. The highest BCUT2D eigenvalue weighted by atomic mass is 16.3. The first-order valence-electron chi connectivity index (χ1n) is 6.18. The number of nitrogens with one attached hydrogen (secondary N) is 1. The van der Waals surface area contributed by atoms with Gasteiger partial charge in [-0.15, -0.1) is 0 Å². The van der Waals surface area contributed by atoms with Crippen LogP contribution >= 0.6 is 0 Å². The van der Waals surface area contributed by atoms with Crippen molar-refractivity contribution in [1.82, 2.24) is 5.32 Å². The fourth-order valence-electron chi connectivity index (χ4n) is 2.64. The highest BCUT2D eigenvalue weighted by Crippen LogP contribution is 2.35. The topological polar surface area (TPSA) is 32.3 Å². The molecule has 16 heavy (non-hydrogen) atoms. The minimum atomic E-state index is 0.461. The molecule has 2 nitrogen and oxygen atoms in total. The Morgan fingerprint density at radius 1 is 1.31 bits per heavy atom. The van der Waals surface area contributed by atoms with Crippen molar-refractivity contribution in [2.24, 2.45) is 5.92 Å². The number of phenolic OH excluding ortho intramolecular Hbond substituents is 1. The van der Waals surface area contributed by atoms with E-state index in [1.54, 1.807) is 0 Å². The molecule has 1 heterocycles. The molecule has 1 aromatic rings. The standard InChI is InChI=1S/C14H21NO/c1-10-3-4-13(14(16)9-10)11(2)12-5-7-15-8-6-12/h3-4,9,11-12,15-16H,5-8H2,1-2H3. The molecule has 1 saturated heterocycles. The van der Waals surface area contributed by atoms with Crippen molar-refractivity contribution in [3.63, 3.8) is 0 Å². The van der Waals surface area contributed by atoms with Crippen LogP contribution in [0.15, 0.2) is 18.2 Å². The van der Waals surface area contributed by atoms with Gasteiger partial charge in [-0.3, -0.25) is 0 Å². The second kappa shape index (κ2) is 4.88. The Balaban J connectivity index is 2.15. The number of benzene rings is 1. The van der Waals surface area contributed by atoms with Crippen LogP contribution in [-0.4, -0.2) is 18.2 Å². The summed E-state index contributed by atoms with van der Waals surface area (Å²) >= 11 is 0. The van der Waals surface area contributed by atoms with Crippen molar-refractivity contribution in [2.75, 3.05) is 13.1 Å². The Bertz CT molecular complexity index is 356. The van der Waals surface area contributed by atoms with Gasteiger partial charge < -0.3 is 10.4 Å². The fourth-order valence-corrected chi connectivity index (χ4v) is 2.64. The minimum absolute atomic E-state index is 0.461. The zero-order valence-corrected chi connectivity index (χ0v) is 10.2. The van der Waals surface area contributed by atoms with Gasteiger partial charge in [0.15, 0.2) is 0 Å². The summed E-state index contributed by atoms with van der Waals surface area (Å²) in [4.78, 5) is 0. The van der Waals surface area contributed by atoms with E-state index >= 15 is 0 Å². The summed E-state index contributed by atoms with van der Waals surface area (Å²) in [5, 5.41) is 13.4. The van der Waals surface area contributed by atoms with Crippen molar-refractivity contribution in [1.29, 1.82) is 0 Å². The van der Waals surface area contributed by atoms with Crippen LogP contribution in [0.1, 0.15) is 36.8 Å². The summed E-state index contributed by atoms with van der Waals surface area (Å²) in [5.74, 6) is 1.63. The Kier molecular flexibility index (Phi) is 3.49. The SMILES string of the molecule is Cc1ccc(C(C)C2CCNCC2)c(O)c1. The maximum Gasteiger partial charge on any atom is 0.119 e. The van der Waals surface area contributed by atoms with Gasteiger partial charge in [-0.1, -0.05) is 19.1 Å². The number of aromatic hydroxyl groups is 1. The largest absolute Gasteiger partial charge is 0.508 e. The molecule has 2 N–H and O–H groups in total.